The van der Waals surface area contributed by atoms with Gasteiger partial charge in [-0.2, -0.15) is 0 Å². The average Bonchev–Trinajstić information content (AvgIpc) is 3.71. The van der Waals surface area contributed by atoms with E-state index in [1.807, 2.05) is 12.1 Å². The Morgan fingerprint density at radius 2 is 0.717 bits per heavy atom. The standard InChI is InChI=1S/C58H39NO/c1-2-15-41(16-3-1)47-19-6-8-22-50(47)52-24-10-11-25-53(52)51-23-9-7-20-48(51)43-31-36-46(37-32-43)59(56-27-14-18-42-17-4-5-21-49(42)56)45-34-29-40(30-35-45)44-33-38-58-55(39-44)54-26-12-13-28-57(54)60-58/h1-39H. The van der Waals surface area contributed by atoms with Crippen LogP contribution in [0.3, 0.4) is 0 Å². The number of furan rings is 1. The lowest BCUT2D eigenvalue weighted by Gasteiger charge is -2.27. The van der Waals surface area contributed by atoms with Gasteiger partial charge in [0.25, 0.3) is 0 Å². The number of hydrogen-bond acceptors (Lipinski definition) is 2. The third-order valence-electron chi connectivity index (χ3n) is 11.7. The van der Waals surface area contributed by atoms with Gasteiger partial charge in [-0.1, -0.05) is 188 Å². The van der Waals surface area contributed by atoms with Crippen LogP contribution in [0.1, 0.15) is 0 Å². The predicted octanol–water partition coefficient (Wildman–Crippen LogP) is 16.5. The Hall–Kier alpha value is -7.94. The molecule has 1 heterocycles. The third kappa shape index (κ3) is 6.32. The molecule has 2 heteroatoms. The highest BCUT2D eigenvalue weighted by Gasteiger charge is 2.19. The van der Waals surface area contributed by atoms with Gasteiger partial charge in [0.15, 0.2) is 0 Å². The molecule has 282 valence electrons. The number of para-hydroxylation sites is 1. The molecule has 0 atom stereocenters. The quantitative estimate of drug-likeness (QED) is 0.153. The van der Waals surface area contributed by atoms with Gasteiger partial charge in [0, 0.05) is 27.5 Å². The summed E-state index contributed by atoms with van der Waals surface area (Å²) in [6.45, 7) is 0. The zero-order valence-corrected chi connectivity index (χ0v) is 32.9. The van der Waals surface area contributed by atoms with E-state index in [4.69, 9.17) is 4.42 Å². The van der Waals surface area contributed by atoms with E-state index < -0.39 is 0 Å². The van der Waals surface area contributed by atoms with Crippen molar-refractivity contribution in [3.8, 4) is 55.6 Å². The summed E-state index contributed by atoms with van der Waals surface area (Å²) in [6.07, 6.45) is 0. The highest BCUT2D eigenvalue weighted by molar-refractivity contribution is 6.06. The third-order valence-corrected chi connectivity index (χ3v) is 11.7. The van der Waals surface area contributed by atoms with Crippen molar-refractivity contribution in [2.45, 2.75) is 0 Å². The summed E-state index contributed by atoms with van der Waals surface area (Å²) < 4.78 is 6.13. The van der Waals surface area contributed by atoms with Crippen LogP contribution in [-0.4, -0.2) is 0 Å². The Morgan fingerprint density at radius 3 is 1.37 bits per heavy atom. The molecule has 0 bridgehead atoms. The van der Waals surface area contributed by atoms with Gasteiger partial charge in [-0.3, -0.25) is 0 Å². The first-order valence-electron chi connectivity index (χ1n) is 20.5. The van der Waals surface area contributed by atoms with Crippen LogP contribution < -0.4 is 4.90 Å². The van der Waals surface area contributed by atoms with Gasteiger partial charge in [0.2, 0.25) is 0 Å². The van der Waals surface area contributed by atoms with E-state index in [2.05, 4.69) is 229 Å². The summed E-state index contributed by atoms with van der Waals surface area (Å²) >= 11 is 0. The molecule has 0 unspecified atom stereocenters. The maximum atomic E-state index is 6.13. The zero-order valence-electron chi connectivity index (χ0n) is 32.9. The Balaban J connectivity index is 0.988. The first-order chi connectivity index (χ1) is 29.8. The maximum Gasteiger partial charge on any atom is 0.135 e. The minimum Gasteiger partial charge on any atom is -0.456 e. The second-order valence-corrected chi connectivity index (χ2v) is 15.2. The fraction of sp³-hybridized carbons (Fsp3) is 0. The minimum absolute atomic E-state index is 0.905. The lowest BCUT2D eigenvalue weighted by molar-refractivity contribution is 0.669. The molecule has 11 rings (SSSR count). The molecule has 2 nitrogen and oxygen atoms in total. The van der Waals surface area contributed by atoms with Crippen LogP contribution in [0.15, 0.2) is 241 Å². The molecule has 1 aromatic heterocycles. The SMILES string of the molecule is c1ccc(-c2ccccc2-c2ccccc2-c2ccccc2-c2ccc(N(c3ccc(-c4ccc5oc6ccccc6c5c4)cc3)c3cccc4ccccc34)cc2)cc1. The fourth-order valence-corrected chi connectivity index (χ4v) is 8.84. The van der Waals surface area contributed by atoms with Crippen LogP contribution in [0.25, 0.3) is 88.3 Å². The van der Waals surface area contributed by atoms with E-state index >= 15 is 0 Å². The van der Waals surface area contributed by atoms with Crippen molar-refractivity contribution >= 4 is 49.8 Å². The molecule has 60 heavy (non-hydrogen) atoms. The molecule has 0 spiro atoms. The van der Waals surface area contributed by atoms with E-state index in [1.165, 1.54) is 49.7 Å². The normalized spacial score (nSPS) is 11.3. The summed E-state index contributed by atoms with van der Waals surface area (Å²) in [7, 11) is 0. The minimum atomic E-state index is 0.905. The Kier molecular flexibility index (Phi) is 8.87. The average molecular weight is 766 g/mol. The van der Waals surface area contributed by atoms with E-state index in [1.54, 1.807) is 0 Å². The number of fused-ring (bicyclic) bond motifs is 4. The van der Waals surface area contributed by atoms with Crippen LogP contribution in [0, 0.1) is 0 Å². The number of benzene rings is 10. The van der Waals surface area contributed by atoms with Crippen LogP contribution >= 0.6 is 0 Å². The van der Waals surface area contributed by atoms with Crippen molar-refractivity contribution in [1.82, 2.24) is 0 Å². The van der Waals surface area contributed by atoms with E-state index in [0.29, 0.717) is 0 Å². The van der Waals surface area contributed by atoms with Crippen LogP contribution in [0.2, 0.25) is 0 Å². The van der Waals surface area contributed by atoms with Crippen molar-refractivity contribution in [3.63, 3.8) is 0 Å². The molecule has 0 N–H and O–H groups in total. The maximum absolute atomic E-state index is 6.13. The number of anilines is 3. The second kappa shape index (κ2) is 15.1. The monoisotopic (exact) mass is 765 g/mol. The molecule has 10 aromatic carbocycles. The molecule has 0 aliphatic heterocycles. The van der Waals surface area contributed by atoms with E-state index in [0.717, 1.165) is 55.7 Å². The Bertz CT molecular complexity index is 3300. The van der Waals surface area contributed by atoms with Gasteiger partial charge in [-0.05, 0) is 110 Å². The van der Waals surface area contributed by atoms with Crippen molar-refractivity contribution in [3.05, 3.63) is 237 Å². The van der Waals surface area contributed by atoms with Crippen molar-refractivity contribution in [1.29, 1.82) is 0 Å². The van der Waals surface area contributed by atoms with Crippen molar-refractivity contribution in [2.24, 2.45) is 0 Å². The fourth-order valence-electron chi connectivity index (χ4n) is 8.84. The number of rotatable bonds is 8. The highest BCUT2D eigenvalue weighted by Crippen LogP contribution is 2.44. The van der Waals surface area contributed by atoms with Crippen molar-refractivity contribution in [2.75, 3.05) is 4.90 Å². The molecule has 0 saturated heterocycles. The van der Waals surface area contributed by atoms with Gasteiger partial charge in [0.1, 0.15) is 11.2 Å². The molecule has 0 aliphatic rings. The summed E-state index contributed by atoms with van der Waals surface area (Å²) in [5.74, 6) is 0. The molecular weight excluding hydrogens is 727 g/mol. The smallest absolute Gasteiger partial charge is 0.135 e. The summed E-state index contributed by atoms with van der Waals surface area (Å²) in [5, 5.41) is 4.67. The molecular formula is C58H39NO. The molecule has 0 radical (unpaired) electrons. The van der Waals surface area contributed by atoms with Gasteiger partial charge in [-0.15, -0.1) is 0 Å². The first kappa shape index (κ1) is 35.2. The molecule has 11 aromatic rings. The molecule has 0 aliphatic carbocycles. The van der Waals surface area contributed by atoms with Gasteiger partial charge >= 0.3 is 0 Å². The van der Waals surface area contributed by atoms with E-state index in [9.17, 15) is 0 Å². The van der Waals surface area contributed by atoms with Gasteiger partial charge in [0.05, 0.1) is 5.69 Å². The lowest BCUT2D eigenvalue weighted by atomic mass is 9.87. The van der Waals surface area contributed by atoms with Crippen molar-refractivity contribution < 1.29 is 4.42 Å². The second-order valence-electron chi connectivity index (χ2n) is 15.2. The van der Waals surface area contributed by atoms with Gasteiger partial charge < -0.3 is 9.32 Å². The summed E-state index contributed by atoms with van der Waals surface area (Å²) in [5.41, 5.74) is 17.1. The van der Waals surface area contributed by atoms with Crippen LogP contribution in [0.4, 0.5) is 17.1 Å². The molecule has 0 saturated carbocycles. The van der Waals surface area contributed by atoms with Gasteiger partial charge in [-0.25, -0.2) is 0 Å². The molecule has 0 fully saturated rings. The van der Waals surface area contributed by atoms with Crippen LogP contribution in [-0.2, 0) is 0 Å². The zero-order chi connectivity index (χ0) is 39.8. The lowest BCUT2D eigenvalue weighted by Crippen LogP contribution is -2.10. The molecule has 0 amide bonds. The highest BCUT2D eigenvalue weighted by atomic mass is 16.3. The summed E-state index contributed by atoms with van der Waals surface area (Å²) in [4.78, 5) is 2.38. The first-order valence-corrected chi connectivity index (χ1v) is 20.5. The largest absolute Gasteiger partial charge is 0.456 e. The Labute approximate surface area is 349 Å². The topological polar surface area (TPSA) is 16.4 Å². The van der Waals surface area contributed by atoms with Crippen LogP contribution in [0.5, 0.6) is 0 Å². The summed E-state index contributed by atoms with van der Waals surface area (Å²) in [6, 6.07) is 84.9. The Morgan fingerprint density at radius 1 is 0.267 bits per heavy atom. The number of nitrogens with zero attached hydrogens (tertiary/aromatic N) is 1. The van der Waals surface area contributed by atoms with E-state index in [-0.39, 0.29) is 0 Å². The number of hydrogen-bond donors (Lipinski definition) is 0. The predicted molar refractivity (Wildman–Crippen MR) is 253 cm³/mol.